The van der Waals surface area contributed by atoms with Crippen molar-refractivity contribution in [2.24, 2.45) is 5.92 Å². The molecule has 1 aromatic heterocycles. The van der Waals surface area contributed by atoms with Gasteiger partial charge < -0.3 is 10.2 Å². The molecule has 5 heteroatoms. The summed E-state index contributed by atoms with van der Waals surface area (Å²) in [4.78, 5) is 11.1. The molecular weight excluding hydrogens is 250 g/mol. The lowest BCUT2D eigenvalue weighted by Crippen LogP contribution is -2.37. The Balaban J connectivity index is 2.14. The summed E-state index contributed by atoms with van der Waals surface area (Å²) in [6.07, 6.45) is 3.47. The molecule has 0 spiro atoms. The van der Waals surface area contributed by atoms with Gasteiger partial charge in [-0.15, -0.1) is 0 Å². The second-order valence-corrected chi connectivity index (χ2v) is 5.45. The highest BCUT2D eigenvalue weighted by Gasteiger charge is 2.19. The first kappa shape index (κ1) is 14.7. The lowest BCUT2D eigenvalue weighted by Gasteiger charge is -2.30. The first-order valence-corrected chi connectivity index (χ1v) is 7.44. The molecule has 0 aromatic carbocycles. The fraction of sp³-hybridized carbons (Fsp3) is 0.667. The summed E-state index contributed by atoms with van der Waals surface area (Å²) < 4.78 is 0. The van der Waals surface area contributed by atoms with Crippen molar-refractivity contribution in [2.45, 2.75) is 33.1 Å². The maximum atomic E-state index is 9.05. The van der Waals surface area contributed by atoms with Crippen LogP contribution in [0, 0.1) is 24.2 Å². The minimum Gasteiger partial charge on any atom is -0.341 e. The van der Waals surface area contributed by atoms with Gasteiger partial charge in [0.25, 0.3) is 0 Å². The molecule has 0 radical (unpaired) electrons. The van der Waals surface area contributed by atoms with Crippen molar-refractivity contribution in [3.05, 3.63) is 17.5 Å². The van der Waals surface area contributed by atoms with Crippen molar-refractivity contribution in [2.75, 3.05) is 31.1 Å². The Labute approximate surface area is 121 Å². The summed E-state index contributed by atoms with van der Waals surface area (Å²) in [7, 11) is 0. The third kappa shape index (κ3) is 3.91. The summed E-state index contributed by atoms with van der Waals surface area (Å²) >= 11 is 0. The molecule has 0 bridgehead atoms. The van der Waals surface area contributed by atoms with Crippen LogP contribution in [0.25, 0.3) is 0 Å². The van der Waals surface area contributed by atoms with Crippen LogP contribution in [0.4, 0.5) is 5.95 Å². The Morgan fingerprint density at radius 1 is 1.40 bits per heavy atom. The van der Waals surface area contributed by atoms with Gasteiger partial charge in [-0.3, -0.25) is 0 Å². The fourth-order valence-electron chi connectivity index (χ4n) is 2.67. The minimum atomic E-state index is 0.457. The molecule has 1 saturated heterocycles. The van der Waals surface area contributed by atoms with Gasteiger partial charge in [0.2, 0.25) is 5.95 Å². The van der Waals surface area contributed by atoms with E-state index in [0.717, 1.165) is 38.3 Å². The summed E-state index contributed by atoms with van der Waals surface area (Å²) in [6, 6.07) is 3.86. The van der Waals surface area contributed by atoms with Crippen LogP contribution in [0.15, 0.2) is 6.07 Å². The van der Waals surface area contributed by atoms with Gasteiger partial charge in [0, 0.05) is 18.8 Å². The van der Waals surface area contributed by atoms with Gasteiger partial charge in [-0.2, -0.15) is 5.26 Å². The average molecular weight is 273 g/mol. The second-order valence-electron chi connectivity index (χ2n) is 5.45. The number of nitrogens with one attached hydrogen (secondary N) is 1. The summed E-state index contributed by atoms with van der Waals surface area (Å²) in [5, 5.41) is 12.4. The van der Waals surface area contributed by atoms with E-state index in [1.807, 2.05) is 6.92 Å². The molecule has 0 unspecified atom stereocenters. The van der Waals surface area contributed by atoms with Crippen LogP contribution in [0.3, 0.4) is 0 Å². The Kier molecular flexibility index (Phi) is 5.31. The highest BCUT2D eigenvalue weighted by atomic mass is 15.2. The van der Waals surface area contributed by atoms with Gasteiger partial charge in [-0.05, 0) is 51.3 Å². The first-order chi connectivity index (χ1) is 9.72. The minimum absolute atomic E-state index is 0.457. The Bertz CT molecular complexity index is 474. The number of piperidine rings is 1. The van der Waals surface area contributed by atoms with Crippen LogP contribution in [-0.2, 0) is 0 Å². The molecule has 2 rings (SSSR count). The van der Waals surface area contributed by atoms with E-state index in [-0.39, 0.29) is 0 Å². The van der Waals surface area contributed by atoms with Crippen molar-refractivity contribution in [1.29, 1.82) is 5.26 Å². The van der Waals surface area contributed by atoms with E-state index in [2.05, 4.69) is 33.2 Å². The van der Waals surface area contributed by atoms with Gasteiger partial charge in [-0.25, -0.2) is 9.97 Å². The van der Waals surface area contributed by atoms with E-state index >= 15 is 0 Å². The van der Waals surface area contributed by atoms with Gasteiger partial charge in [0.15, 0.2) is 0 Å². The van der Waals surface area contributed by atoms with Crippen molar-refractivity contribution in [3.8, 4) is 6.07 Å². The maximum absolute atomic E-state index is 9.05. The molecule has 1 aromatic rings. The first-order valence-electron chi connectivity index (χ1n) is 7.44. The molecule has 108 valence electrons. The topological polar surface area (TPSA) is 64.8 Å². The normalized spacial score (nSPS) is 15.8. The number of aryl methyl sites for hydroxylation is 1. The Morgan fingerprint density at radius 3 is 2.80 bits per heavy atom. The van der Waals surface area contributed by atoms with Crippen LogP contribution in [0.1, 0.15) is 37.6 Å². The molecule has 5 nitrogen and oxygen atoms in total. The predicted molar refractivity (Wildman–Crippen MR) is 79.6 cm³/mol. The van der Waals surface area contributed by atoms with Crippen LogP contribution >= 0.6 is 0 Å². The summed E-state index contributed by atoms with van der Waals surface area (Å²) in [6.45, 7) is 8.21. The molecule has 1 N–H and O–H groups in total. The molecule has 1 aliphatic rings. The number of nitriles is 1. The molecule has 1 aliphatic heterocycles. The SMILES string of the molecule is CCCN(CC1CCNCC1)c1nc(C)cc(C#N)n1. The lowest BCUT2D eigenvalue weighted by molar-refractivity contribution is 0.372. The van der Waals surface area contributed by atoms with Crippen molar-refractivity contribution >= 4 is 5.95 Å². The Hall–Kier alpha value is -1.67. The van der Waals surface area contributed by atoms with E-state index in [4.69, 9.17) is 5.26 Å². The Morgan fingerprint density at radius 2 is 2.15 bits per heavy atom. The predicted octanol–water partition coefficient (Wildman–Crippen LogP) is 1.87. The molecule has 0 atom stereocenters. The van der Waals surface area contributed by atoms with Gasteiger partial charge in [-0.1, -0.05) is 6.92 Å². The molecule has 2 heterocycles. The van der Waals surface area contributed by atoms with Crippen LogP contribution in [0.2, 0.25) is 0 Å². The molecule has 1 fully saturated rings. The zero-order valence-electron chi connectivity index (χ0n) is 12.4. The number of anilines is 1. The number of nitrogens with zero attached hydrogens (tertiary/aromatic N) is 4. The van der Waals surface area contributed by atoms with Crippen molar-refractivity contribution in [1.82, 2.24) is 15.3 Å². The highest BCUT2D eigenvalue weighted by Crippen LogP contribution is 2.18. The van der Waals surface area contributed by atoms with E-state index < -0.39 is 0 Å². The largest absolute Gasteiger partial charge is 0.341 e. The number of hydrogen-bond donors (Lipinski definition) is 1. The van der Waals surface area contributed by atoms with E-state index in [0.29, 0.717) is 17.6 Å². The standard InChI is InChI=1S/C15H23N5/c1-3-8-20(11-13-4-6-17-7-5-13)15-18-12(2)9-14(10-16)19-15/h9,13,17H,3-8,11H2,1-2H3. The van der Waals surface area contributed by atoms with E-state index in [1.165, 1.54) is 12.8 Å². The van der Waals surface area contributed by atoms with Crippen LogP contribution in [0.5, 0.6) is 0 Å². The maximum Gasteiger partial charge on any atom is 0.226 e. The van der Waals surface area contributed by atoms with Gasteiger partial charge >= 0.3 is 0 Å². The van der Waals surface area contributed by atoms with Crippen molar-refractivity contribution in [3.63, 3.8) is 0 Å². The molecule has 20 heavy (non-hydrogen) atoms. The summed E-state index contributed by atoms with van der Waals surface area (Å²) in [5.41, 5.74) is 1.32. The fourth-order valence-corrected chi connectivity index (χ4v) is 2.67. The van der Waals surface area contributed by atoms with Gasteiger partial charge in [0.05, 0.1) is 0 Å². The van der Waals surface area contributed by atoms with Crippen LogP contribution < -0.4 is 10.2 Å². The smallest absolute Gasteiger partial charge is 0.226 e. The molecule has 0 aliphatic carbocycles. The number of hydrogen-bond acceptors (Lipinski definition) is 5. The average Bonchev–Trinajstić information content (AvgIpc) is 2.47. The van der Waals surface area contributed by atoms with Crippen LogP contribution in [-0.4, -0.2) is 36.1 Å². The third-order valence-corrected chi connectivity index (χ3v) is 3.67. The van der Waals surface area contributed by atoms with Gasteiger partial charge in [0.1, 0.15) is 11.8 Å². The molecular formula is C15H23N5. The quantitative estimate of drug-likeness (QED) is 0.887. The zero-order valence-corrected chi connectivity index (χ0v) is 12.4. The van der Waals surface area contributed by atoms with Crippen molar-refractivity contribution < 1.29 is 0 Å². The highest BCUT2D eigenvalue weighted by molar-refractivity contribution is 5.36. The second kappa shape index (κ2) is 7.20. The monoisotopic (exact) mass is 273 g/mol. The zero-order chi connectivity index (χ0) is 14.4. The number of rotatable bonds is 5. The molecule has 0 saturated carbocycles. The third-order valence-electron chi connectivity index (χ3n) is 3.67. The summed E-state index contributed by atoms with van der Waals surface area (Å²) in [5.74, 6) is 1.40. The molecule has 0 amide bonds. The lowest BCUT2D eigenvalue weighted by atomic mass is 9.97. The number of aromatic nitrogens is 2. The van der Waals surface area contributed by atoms with E-state index in [9.17, 15) is 0 Å². The van der Waals surface area contributed by atoms with E-state index in [1.54, 1.807) is 6.07 Å².